The SMILES string of the molecule is CCC(C)C(N)C(=O)N1CCOC(c2ccc(Cl)cc2)C1. The maximum atomic E-state index is 12.5. The highest BCUT2D eigenvalue weighted by atomic mass is 35.5. The molecule has 2 rings (SSSR count). The van der Waals surface area contributed by atoms with Crippen LogP contribution in [0.1, 0.15) is 31.9 Å². The van der Waals surface area contributed by atoms with Crippen molar-refractivity contribution >= 4 is 17.5 Å². The first-order valence-corrected chi connectivity index (χ1v) is 7.82. The molecule has 0 bridgehead atoms. The van der Waals surface area contributed by atoms with Crippen molar-refractivity contribution in [1.82, 2.24) is 4.90 Å². The highest BCUT2D eigenvalue weighted by molar-refractivity contribution is 6.30. The average Bonchev–Trinajstić information content (AvgIpc) is 2.53. The Bertz CT molecular complexity index is 478. The summed E-state index contributed by atoms with van der Waals surface area (Å²) in [4.78, 5) is 14.3. The van der Waals surface area contributed by atoms with Gasteiger partial charge >= 0.3 is 0 Å². The van der Waals surface area contributed by atoms with Crippen LogP contribution in [0.2, 0.25) is 5.02 Å². The molecule has 21 heavy (non-hydrogen) atoms. The summed E-state index contributed by atoms with van der Waals surface area (Å²) in [6.07, 6.45) is 0.793. The van der Waals surface area contributed by atoms with Gasteiger partial charge < -0.3 is 15.4 Å². The van der Waals surface area contributed by atoms with Gasteiger partial charge in [0.15, 0.2) is 0 Å². The Kier molecular flexibility index (Phi) is 5.62. The second kappa shape index (κ2) is 7.25. The third-order valence-corrected chi connectivity index (χ3v) is 4.41. The first kappa shape index (κ1) is 16.3. The number of carbonyl (C=O) groups excluding carboxylic acids is 1. The zero-order chi connectivity index (χ0) is 15.4. The van der Waals surface area contributed by atoms with Crippen LogP contribution in [-0.2, 0) is 9.53 Å². The van der Waals surface area contributed by atoms with Crippen molar-refractivity contribution in [3.63, 3.8) is 0 Å². The number of hydrogen-bond acceptors (Lipinski definition) is 3. The van der Waals surface area contributed by atoms with Gasteiger partial charge in [-0.1, -0.05) is 44.0 Å². The van der Waals surface area contributed by atoms with Crippen LogP contribution in [0.25, 0.3) is 0 Å². The highest BCUT2D eigenvalue weighted by Gasteiger charge is 2.30. The lowest BCUT2D eigenvalue weighted by Crippen LogP contribution is -2.51. The zero-order valence-electron chi connectivity index (χ0n) is 12.6. The molecule has 1 amide bonds. The normalized spacial score (nSPS) is 21.9. The third kappa shape index (κ3) is 3.96. The predicted octanol–water partition coefficient (Wildman–Crippen LogP) is 2.61. The van der Waals surface area contributed by atoms with Gasteiger partial charge in [-0.15, -0.1) is 0 Å². The van der Waals surface area contributed by atoms with Crippen LogP contribution in [0.4, 0.5) is 0 Å². The van der Waals surface area contributed by atoms with Crippen LogP contribution in [-0.4, -0.2) is 36.5 Å². The first-order valence-electron chi connectivity index (χ1n) is 7.44. The Hall–Kier alpha value is -1.10. The summed E-state index contributed by atoms with van der Waals surface area (Å²) in [5, 5.41) is 0.696. The lowest BCUT2D eigenvalue weighted by atomic mass is 9.98. The van der Waals surface area contributed by atoms with Gasteiger partial charge in [0.2, 0.25) is 5.91 Å². The number of nitrogens with two attached hydrogens (primary N) is 1. The lowest BCUT2D eigenvalue weighted by Gasteiger charge is -2.35. The predicted molar refractivity (Wildman–Crippen MR) is 84.2 cm³/mol. The minimum absolute atomic E-state index is 0.0200. The number of rotatable bonds is 4. The van der Waals surface area contributed by atoms with Gasteiger partial charge in [0.25, 0.3) is 0 Å². The van der Waals surface area contributed by atoms with Crippen LogP contribution >= 0.6 is 11.6 Å². The Morgan fingerprint density at radius 3 is 2.76 bits per heavy atom. The fourth-order valence-corrected chi connectivity index (χ4v) is 2.56. The van der Waals surface area contributed by atoms with Gasteiger partial charge in [-0.05, 0) is 23.6 Å². The van der Waals surface area contributed by atoms with Crippen molar-refractivity contribution in [3.8, 4) is 0 Å². The number of morpholine rings is 1. The van der Waals surface area contributed by atoms with Gasteiger partial charge in [-0.25, -0.2) is 0 Å². The maximum absolute atomic E-state index is 12.5. The second-order valence-electron chi connectivity index (χ2n) is 5.61. The van der Waals surface area contributed by atoms with Crippen molar-refractivity contribution in [3.05, 3.63) is 34.9 Å². The van der Waals surface area contributed by atoms with Gasteiger partial charge in [-0.2, -0.15) is 0 Å². The van der Waals surface area contributed by atoms with E-state index in [1.54, 1.807) is 0 Å². The van der Waals surface area contributed by atoms with Crippen LogP contribution in [0, 0.1) is 5.92 Å². The third-order valence-electron chi connectivity index (χ3n) is 4.16. The molecule has 1 aliphatic heterocycles. The van der Waals surface area contributed by atoms with E-state index in [1.165, 1.54) is 0 Å². The Labute approximate surface area is 131 Å². The molecule has 1 aliphatic rings. The number of amides is 1. The molecule has 1 aromatic rings. The molecule has 4 nitrogen and oxygen atoms in total. The van der Waals surface area contributed by atoms with Crippen LogP contribution in [0.3, 0.4) is 0 Å². The molecule has 0 aromatic heterocycles. The van der Waals surface area contributed by atoms with Crippen molar-refractivity contribution in [2.24, 2.45) is 11.7 Å². The number of nitrogens with zero attached hydrogens (tertiary/aromatic N) is 1. The second-order valence-corrected chi connectivity index (χ2v) is 6.04. The van der Waals surface area contributed by atoms with E-state index in [4.69, 9.17) is 22.1 Å². The maximum Gasteiger partial charge on any atom is 0.239 e. The van der Waals surface area contributed by atoms with Gasteiger partial charge in [0.05, 0.1) is 19.2 Å². The minimum Gasteiger partial charge on any atom is -0.370 e. The van der Waals surface area contributed by atoms with E-state index in [2.05, 4.69) is 0 Å². The molecule has 116 valence electrons. The monoisotopic (exact) mass is 310 g/mol. The molecule has 2 N–H and O–H groups in total. The molecular weight excluding hydrogens is 288 g/mol. The molecule has 0 radical (unpaired) electrons. The van der Waals surface area contributed by atoms with E-state index >= 15 is 0 Å². The molecule has 1 saturated heterocycles. The van der Waals surface area contributed by atoms with Gasteiger partial charge in [-0.3, -0.25) is 4.79 Å². The molecule has 5 heteroatoms. The molecule has 0 spiro atoms. The van der Waals surface area contributed by atoms with Crippen molar-refractivity contribution in [2.75, 3.05) is 19.7 Å². The Morgan fingerprint density at radius 1 is 1.48 bits per heavy atom. The van der Waals surface area contributed by atoms with Crippen molar-refractivity contribution in [1.29, 1.82) is 0 Å². The van der Waals surface area contributed by atoms with Crippen LogP contribution in [0.5, 0.6) is 0 Å². The molecule has 3 atom stereocenters. The highest BCUT2D eigenvalue weighted by Crippen LogP contribution is 2.24. The fourth-order valence-electron chi connectivity index (χ4n) is 2.44. The first-order chi connectivity index (χ1) is 10.0. The van der Waals surface area contributed by atoms with E-state index in [9.17, 15) is 4.79 Å². The van der Waals surface area contributed by atoms with Crippen molar-refractivity contribution in [2.45, 2.75) is 32.4 Å². The minimum atomic E-state index is -0.432. The van der Waals surface area contributed by atoms with E-state index in [0.717, 1.165) is 12.0 Å². The summed E-state index contributed by atoms with van der Waals surface area (Å²) in [5.74, 6) is 0.209. The smallest absolute Gasteiger partial charge is 0.239 e. The van der Waals surface area contributed by atoms with E-state index in [1.807, 2.05) is 43.0 Å². The summed E-state index contributed by atoms with van der Waals surface area (Å²) in [6, 6.07) is 7.13. The zero-order valence-corrected chi connectivity index (χ0v) is 13.3. The average molecular weight is 311 g/mol. The summed E-state index contributed by atoms with van der Waals surface area (Å²) >= 11 is 5.90. The molecule has 0 saturated carbocycles. The van der Waals surface area contributed by atoms with Gasteiger partial charge in [0.1, 0.15) is 6.10 Å². The van der Waals surface area contributed by atoms with Gasteiger partial charge in [0, 0.05) is 11.6 Å². The lowest BCUT2D eigenvalue weighted by molar-refractivity contribution is -0.141. The summed E-state index contributed by atoms with van der Waals surface area (Å²) in [5.41, 5.74) is 7.09. The van der Waals surface area contributed by atoms with Crippen LogP contribution in [0.15, 0.2) is 24.3 Å². The number of hydrogen-bond donors (Lipinski definition) is 1. The van der Waals surface area contributed by atoms with Crippen molar-refractivity contribution < 1.29 is 9.53 Å². The number of carbonyl (C=O) groups is 1. The Morgan fingerprint density at radius 2 is 2.14 bits per heavy atom. The quantitative estimate of drug-likeness (QED) is 0.930. The standard InChI is InChI=1S/C16H23ClN2O2/c1-3-11(2)15(18)16(20)19-8-9-21-14(10-19)12-4-6-13(17)7-5-12/h4-7,11,14-15H,3,8-10,18H2,1-2H3. The molecule has 1 fully saturated rings. The summed E-state index contributed by atoms with van der Waals surface area (Å²) < 4.78 is 5.77. The fraction of sp³-hybridized carbons (Fsp3) is 0.562. The number of halogens is 1. The molecule has 0 aliphatic carbocycles. The summed E-state index contributed by atoms with van der Waals surface area (Å²) in [7, 11) is 0. The molecule has 3 unspecified atom stereocenters. The van der Waals surface area contributed by atoms with E-state index in [-0.39, 0.29) is 17.9 Å². The molecular formula is C16H23ClN2O2. The molecule has 1 aromatic carbocycles. The van der Waals surface area contributed by atoms with E-state index < -0.39 is 6.04 Å². The molecule has 1 heterocycles. The number of benzene rings is 1. The largest absolute Gasteiger partial charge is 0.370 e. The van der Waals surface area contributed by atoms with E-state index in [0.29, 0.717) is 24.7 Å². The topological polar surface area (TPSA) is 55.6 Å². The van der Waals surface area contributed by atoms with Crippen LogP contribution < -0.4 is 5.73 Å². The summed E-state index contributed by atoms with van der Waals surface area (Å²) in [6.45, 7) is 5.75. The Balaban J connectivity index is 2.03. The number of ether oxygens (including phenoxy) is 1.